The van der Waals surface area contributed by atoms with Crippen molar-refractivity contribution in [3.8, 4) is 5.75 Å². The van der Waals surface area contributed by atoms with Gasteiger partial charge in [-0.3, -0.25) is 4.90 Å². The number of hydrogen-bond acceptors (Lipinski definition) is 2. The summed E-state index contributed by atoms with van der Waals surface area (Å²) in [6.07, 6.45) is 3.31. The van der Waals surface area contributed by atoms with Crippen LogP contribution < -0.4 is 0 Å². The van der Waals surface area contributed by atoms with E-state index in [-0.39, 0.29) is 11.6 Å². The zero-order chi connectivity index (χ0) is 13.1. The highest BCUT2D eigenvalue weighted by Crippen LogP contribution is 2.47. The average Bonchev–Trinajstić information content (AvgIpc) is 3.12. The van der Waals surface area contributed by atoms with E-state index in [9.17, 15) is 9.50 Å². The summed E-state index contributed by atoms with van der Waals surface area (Å²) in [5.74, 6) is 0.279. The molecule has 18 heavy (non-hydrogen) atoms. The van der Waals surface area contributed by atoms with E-state index < -0.39 is 0 Å². The van der Waals surface area contributed by atoms with Crippen LogP contribution in [0.4, 0.5) is 4.39 Å². The Hall–Kier alpha value is -1.09. The summed E-state index contributed by atoms with van der Waals surface area (Å²) in [5, 5.41) is 9.82. The molecule has 1 aromatic rings. The Morgan fingerprint density at radius 2 is 1.94 bits per heavy atom. The number of aromatic hydroxyl groups is 1. The fraction of sp³-hybridized carbons (Fsp3) is 0.600. The predicted molar refractivity (Wildman–Crippen MR) is 71.4 cm³/mol. The molecule has 0 spiro atoms. The van der Waals surface area contributed by atoms with Crippen LogP contribution in [0.1, 0.15) is 44.6 Å². The SMILES string of the molecule is CCCN(CCC)[C@H]1C[C@@H]1c1cc(F)ccc1O. The van der Waals surface area contributed by atoms with Crippen molar-refractivity contribution < 1.29 is 9.50 Å². The lowest BCUT2D eigenvalue weighted by atomic mass is 10.1. The Balaban J connectivity index is 2.06. The molecule has 0 aromatic heterocycles. The third-order valence-electron chi connectivity index (χ3n) is 3.64. The summed E-state index contributed by atoms with van der Waals surface area (Å²) in [6.45, 7) is 6.54. The van der Waals surface area contributed by atoms with Gasteiger partial charge in [-0.1, -0.05) is 13.8 Å². The summed E-state index contributed by atoms with van der Waals surface area (Å²) in [6, 6.07) is 4.74. The third kappa shape index (κ3) is 2.83. The van der Waals surface area contributed by atoms with Gasteiger partial charge in [0.1, 0.15) is 11.6 Å². The van der Waals surface area contributed by atoms with E-state index in [4.69, 9.17) is 0 Å². The molecular formula is C15H22FNO. The molecule has 0 heterocycles. The highest BCUT2D eigenvalue weighted by Gasteiger charge is 2.43. The maximum Gasteiger partial charge on any atom is 0.123 e. The van der Waals surface area contributed by atoms with Crippen molar-refractivity contribution in [1.82, 2.24) is 4.90 Å². The highest BCUT2D eigenvalue weighted by atomic mass is 19.1. The van der Waals surface area contributed by atoms with Crippen molar-refractivity contribution >= 4 is 0 Å². The van der Waals surface area contributed by atoms with Gasteiger partial charge in [-0.25, -0.2) is 4.39 Å². The molecule has 1 aromatic carbocycles. The largest absolute Gasteiger partial charge is 0.508 e. The number of halogens is 1. The van der Waals surface area contributed by atoms with Crippen LogP contribution in [0.2, 0.25) is 0 Å². The Morgan fingerprint density at radius 1 is 1.28 bits per heavy atom. The zero-order valence-corrected chi connectivity index (χ0v) is 11.2. The van der Waals surface area contributed by atoms with Crippen LogP contribution in [0.25, 0.3) is 0 Å². The van der Waals surface area contributed by atoms with Crippen molar-refractivity contribution in [3.05, 3.63) is 29.6 Å². The molecule has 0 aliphatic heterocycles. The minimum atomic E-state index is -0.258. The van der Waals surface area contributed by atoms with Crippen LogP contribution >= 0.6 is 0 Å². The van der Waals surface area contributed by atoms with Gasteiger partial charge in [-0.05, 0) is 50.6 Å². The lowest BCUT2D eigenvalue weighted by Gasteiger charge is -2.21. The van der Waals surface area contributed by atoms with Crippen LogP contribution in [0.15, 0.2) is 18.2 Å². The molecule has 1 saturated carbocycles. The molecule has 1 aliphatic carbocycles. The molecule has 2 rings (SSSR count). The molecule has 1 fully saturated rings. The van der Waals surface area contributed by atoms with Gasteiger partial charge in [-0.2, -0.15) is 0 Å². The van der Waals surface area contributed by atoms with Crippen LogP contribution in [0, 0.1) is 5.82 Å². The van der Waals surface area contributed by atoms with Gasteiger partial charge in [0.25, 0.3) is 0 Å². The first-order valence-electron chi connectivity index (χ1n) is 6.89. The molecule has 0 bridgehead atoms. The normalized spacial score (nSPS) is 22.4. The van der Waals surface area contributed by atoms with Crippen molar-refractivity contribution in [2.24, 2.45) is 0 Å². The Bertz CT molecular complexity index is 401. The number of phenolic OH excluding ortho intramolecular Hbond substituents is 1. The van der Waals surface area contributed by atoms with E-state index in [1.165, 1.54) is 18.2 Å². The lowest BCUT2D eigenvalue weighted by molar-refractivity contribution is 0.259. The highest BCUT2D eigenvalue weighted by molar-refractivity contribution is 5.40. The molecule has 1 N–H and O–H groups in total. The van der Waals surface area contributed by atoms with Gasteiger partial charge in [0.15, 0.2) is 0 Å². The van der Waals surface area contributed by atoms with Gasteiger partial charge in [-0.15, -0.1) is 0 Å². The predicted octanol–water partition coefficient (Wildman–Crippen LogP) is 3.51. The lowest BCUT2D eigenvalue weighted by Crippen LogP contribution is -2.28. The van der Waals surface area contributed by atoms with E-state index in [0.717, 1.165) is 37.9 Å². The molecular weight excluding hydrogens is 229 g/mol. The Labute approximate surface area is 108 Å². The number of phenols is 1. The zero-order valence-electron chi connectivity index (χ0n) is 11.2. The van der Waals surface area contributed by atoms with Gasteiger partial charge >= 0.3 is 0 Å². The minimum absolute atomic E-state index is 0.233. The second kappa shape index (κ2) is 5.70. The van der Waals surface area contributed by atoms with E-state index in [1.54, 1.807) is 0 Å². The second-order valence-corrected chi connectivity index (χ2v) is 5.15. The van der Waals surface area contributed by atoms with Crippen molar-refractivity contribution in [2.45, 2.75) is 45.1 Å². The van der Waals surface area contributed by atoms with Crippen LogP contribution in [0.3, 0.4) is 0 Å². The smallest absolute Gasteiger partial charge is 0.123 e. The van der Waals surface area contributed by atoms with Gasteiger partial charge < -0.3 is 5.11 Å². The van der Waals surface area contributed by atoms with Crippen LogP contribution in [-0.4, -0.2) is 29.1 Å². The molecule has 2 nitrogen and oxygen atoms in total. The molecule has 0 unspecified atom stereocenters. The molecule has 0 saturated heterocycles. The first-order valence-corrected chi connectivity index (χ1v) is 6.89. The average molecular weight is 251 g/mol. The maximum absolute atomic E-state index is 13.2. The van der Waals surface area contributed by atoms with Crippen molar-refractivity contribution in [2.75, 3.05) is 13.1 Å². The fourth-order valence-electron chi connectivity index (χ4n) is 2.76. The quantitative estimate of drug-likeness (QED) is 0.836. The monoisotopic (exact) mass is 251 g/mol. The third-order valence-corrected chi connectivity index (χ3v) is 3.64. The van der Waals surface area contributed by atoms with Crippen LogP contribution in [0.5, 0.6) is 5.75 Å². The minimum Gasteiger partial charge on any atom is -0.508 e. The summed E-state index contributed by atoms with van der Waals surface area (Å²) in [4.78, 5) is 2.47. The standard InChI is InChI=1S/C15H22FNO/c1-3-7-17(8-4-2)14-10-12(14)13-9-11(16)5-6-15(13)18/h5-6,9,12,14,18H,3-4,7-8,10H2,1-2H3/t12-,14+/m1/s1. The van der Waals surface area contributed by atoms with Gasteiger partial charge in [0, 0.05) is 17.5 Å². The van der Waals surface area contributed by atoms with Gasteiger partial charge in [0.05, 0.1) is 0 Å². The number of hydrogen-bond donors (Lipinski definition) is 1. The summed E-state index contributed by atoms with van der Waals surface area (Å²) in [5.41, 5.74) is 0.775. The number of nitrogens with zero attached hydrogens (tertiary/aromatic N) is 1. The van der Waals surface area contributed by atoms with E-state index in [2.05, 4.69) is 18.7 Å². The molecule has 3 heteroatoms. The topological polar surface area (TPSA) is 23.5 Å². The Kier molecular flexibility index (Phi) is 4.23. The molecule has 100 valence electrons. The summed E-state index contributed by atoms with van der Waals surface area (Å²) < 4.78 is 13.2. The number of benzene rings is 1. The first-order chi connectivity index (χ1) is 8.67. The Morgan fingerprint density at radius 3 is 2.56 bits per heavy atom. The van der Waals surface area contributed by atoms with Crippen LogP contribution in [-0.2, 0) is 0 Å². The molecule has 0 radical (unpaired) electrons. The summed E-state index contributed by atoms with van der Waals surface area (Å²) >= 11 is 0. The second-order valence-electron chi connectivity index (χ2n) is 5.15. The first kappa shape index (κ1) is 13.3. The summed E-state index contributed by atoms with van der Waals surface area (Å²) in [7, 11) is 0. The molecule has 0 amide bonds. The van der Waals surface area contributed by atoms with E-state index in [0.29, 0.717) is 12.0 Å². The van der Waals surface area contributed by atoms with Gasteiger partial charge in [0.2, 0.25) is 0 Å². The molecule has 2 atom stereocenters. The fourth-order valence-corrected chi connectivity index (χ4v) is 2.76. The van der Waals surface area contributed by atoms with E-state index in [1.807, 2.05) is 0 Å². The molecule has 1 aliphatic rings. The van der Waals surface area contributed by atoms with E-state index >= 15 is 0 Å². The van der Waals surface area contributed by atoms with Crippen molar-refractivity contribution in [1.29, 1.82) is 0 Å². The number of rotatable bonds is 6. The maximum atomic E-state index is 13.2. The van der Waals surface area contributed by atoms with Crippen molar-refractivity contribution in [3.63, 3.8) is 0 Å².